The average molecular weight is 287 g/mol. The van der Waals surface area contributed by atoms with E-state index in [4.69, 9.17) is 19.8 Å². The minimum absolute atomic E-state index is 0.0505. The lowest BCUT2D eigenvalue weighted by Crippen LogP contribution is -2.01. The van der Waals surface area contributed by atoms with Crippen LogP contribution < -0.4 is 9.47 Å². The highest BCUT2D eigenvalue weighted by atomic mass is 19.1. The minimum Gasteiger partial charge on any atom is -0.497 e. The molecule has 0 heterocycles. The third-order valence-electron chi connectivity index (χ3n) is 2.70. The highest BCUT2D eigenvalue weighted by Crippen LogP contribution is 2.31. The van der Waals surface area contributed by atoms with Crippen LogP contribution in [0.15, 0.2) is 36.4 Å². The van der Waals surface area contributed by atoms with Gasteiger partial charge in [-0.2, -0.15) is 5.26 Å². The molecule has 0 radical (unpaired) electrons. The van der Waals surface area contributed by atoms with Crippen molar-refractivity contribution in [2.45, 2.75) is 0 Å². The van der Waals surface area contributed by atoms with E-state index in [0.29, 0.717) is 5.75 Å². The Morgan fingerprint density at radius 3 is 2.57 bits per heavy atom. The number of methoxy groups -OCH3 is 1. The number of hydrogen-bond donors (Lipinski definition) is 1. The smallest absolute Gasteiger partial charge is 0.339 e. The lowest BCUT2D eigenvalue weighted by atomic mass is 10.2. The van der Waals surface area contributed by atoms with E-state index >= 15 is 0 Å². The Bertz CT molecular complexity index is 737. The largest absolute Gasteiger partial charge is 0.497 e. The summed E-state index contributed by atoms with van der Waals surface area (Å²) >= 11 is 0. The molecule has 6 heteroatoms. The summed E-state index contributed by atoms with van der Waals surface area (Å²) in [7, 11) is 1.42. The van der Waals surface area contributed by atoms with Crippen LogP contribution in [0.25, 0.3) is 0 Å². The van der Waals surface area contributed by atoms with Crippen molar-refractivity contribution < 1.29 is 23.8 Å². The molecule has 106 valence electrons. The number of ether oxygens (including phenoxy) is 2. The summed E-state index contributed by atoms with van der Waals surface area (Å²) in [6.07, 6.45) is 0. The SMILES string of the molecule is COc1ccc(C(=O)O)c(Oc2ccc(C#N)cc2F)c1. The Balaban J connectivity index is 2.43. The molecule has 0 aliphatic rings. The van der Waals surface area contributed by atoms with Crippen LogP contribution in [-0.4, -0.2) is 18.2 Å². The fraction of sp³-hybridized carbons (Fsp3) is 0.0667. The average Bonchev–Trinajstić information content (AvgIpc) is 2.48. The van der Waals surface area contributed by atoms with Crippen LogP contribution in [-0.2, 0) is 0 Å². The molecule has 1 N–H and O–H groups in total. The van der Waals surface area contributed by atoms with Crippen LogP contribution in [0.3, 0.4) is 0 Å². The topological polar surface area (TPSA) is 79.6 Å². The molecule has 0 aromatic heterocycles. The van der Waals surface area contributed by atoms with Crippen LogP contribution >= 0.6 is 0 Å². The van der Waals surface area contributed by atoms with E-state index in [1.165, 1.54) is 37.4 Å². The third-order valence-corrected chi connectivity index (χ3v) is 2.70. The number of nitrogens with zero attached hydrogens (tertiary/aromatic N) is 1. The van der Waals surface area contributed by atoms with Gasteiger partial charge in [-0.3, -0.25) is 0 Å². The maximum absolute atomic E-state index is 13.8. The number of benzene rings is 2. The van der Waals surface area contributed by atoms with Gasteiger partial charge in [0.15, 0.2) is 11.6 Å². The van der Waals surface area contributed by atoms with Gasteiger partial charge in [-0.25, -0.2) is 9.18 Å². The molecule has 0 atom stereocenters. The number of nitriles is 1. The first-order valence-electron chi connectivity index (χ1n) is 5.84. The lowest BCUT2D eigenvalue weighted by Gasteiger charge is -2.11. The summed E-state index contributed by atoms with van der Waals surface area (Å²) in [5.74, 6) is -1.81. The first-order chi connectivity index (χ1) is 10.0. The van der Waals surface area contributed by atoms with Gasteiger partial charge < -0.3 is 14.6 Å². The second kappa shape index (κ2) is 5.92. The van der Waals surface area contributed by atoms with Crippen molar-refractivity contribution >= 4 is 5.97 Å². The first-order valence-corrected chi connectivity index (χ1v) is 5.84. The van der Waals surface area contributed by atoms with Gasteiger partial charge in [0.2, 0.25) is 0 Å². The summed E-state index contributed by atoms with van der Waals surface area (Å²) in [4.78, 5) is 11.1. The van der Waals surface area contributed by atoms with E-state index in [1.54, 1.807) is 6.07 Å². The highest BCUT2D eigenvalue weighted by molar-refractivity contribution is 5.91. The molecule has 0 saturated carbocycles. The number of hydrogen-bond acceptors (Lipinski definition) is 4. The van der Waals surface area contributed by atoms with Crippen LogP contribution in [0.4, 0.5) is 4.39 Å². The maximum atomic E-state index is 13.8. The monoisotopic (exact) mass is 287 g/mol. The van der Waals surface area contributed by atoms with E-state index in [2.05, 4.69) is 0 Å². The fourth-order valence-corrected chi connectivity index (χ4v) is 1.66. The molecule has 0 bridgehead atoms. The van der Waals surface area contributed by atoms with Crippen molar-refractivity contribution in [2.75, 3.05) is 7.11 Å². The molecule has 2 aromatic rings. The predicted molar refractivity (Wildman–Crippen MR) is 71.1 cm³/mol. The van der Waals surface area contributed by atoms with Gasteiger partial charge in [0, 0.05) is 6.07 Å². The summed E-state index contributed by atoms with van der Waals surface area (Å²) < 4.78 is 24.1. The molecule has 2 rings (SSSR count). The molecule has 0 unspecified atom stereocenters. The zero-order valence-electron chi connectivity index (χ0n) is 11.0. The number of carboxylic acid groups (broad SMARTS) is 1. The van der Waals surface area contributed by atoms with Crippen molar-refractivity contribution in [3.8, 4) is 23.3 Å². The molecule has 21 heavy (non-hydrogen) atoms. The molecular formula is C15H10FNO4. The zero-order chi connectivity index (χ0) is 15.4. The zero-order valence-corrected chi connectivity index (χ0v) is 11.0. The molecule has 0 fully saturated rings. The predicted octanol–water partition coefficient (Wildman–Crippen LogP) is 3.20. The van der Waals surface area contributed by atoms with Gasteiger partial charge in [-0.15, -0.1) is 0 Å². The number of aromatic carboxylic acids is 1. The number of halogens is 1. The molecule has 2 aromatic carbocycles. The highest BCUT2D eigenvalue weighted by Gasteiger charge is 2.15. The third kappa shape index (κ3) is 3.09. The second-order valence-corrected chi connectivity index (χ2v) is 4.03. The summed E-state index contributed by atoms with van der Waals surface area (Å²) in [6, 6.07) is 9.56. The Morgan fingerprint density at radius 2 is 2.00 bits per heavy atom. The fourth-order valence-electron chi connectivity index (χ4n) is 1.66. The minimum atomic E-state index is -1.21. The Labute approximate surface area is 119 Å². The van der Waals surface area contributed by atoms with Gasteiger partial charge in [0.25, 0.3) is 0 Å². The number of rotatable bonds is 4. The molecule has 0 spiro atoms. The molecular weight excluding hydrogens is 277 g/mol. The lowest BCUT2D eigenvalue weighted by molar-refractivity contribution is 0.0694. The van der Waals surface area contributed by atoms with Gasteiger partial charge in [0.05, 0.1) is 18.7 Å². The van der Waals surface area contributed by atoms with Crippen molar-refractivity contribution in [2.24, 2.45) is 0 Å². The summed E-state index contributed by atoms with van der Waals surface area (Å²) in [6.45, 7) is 0. The van der Waals surface area contributed by atoms with E-state index < -0.39 is 11.8 Å². The Kier molecular flexibility index (Phi) is 4.05. The Hall–Kier alpha value is -3.07. The molecule has 0 aliphatic heterocycles. The van der Waals surface area contributed by atoms with Crippen LogP contribution in [0, 0.1) is 17.1 Å². The molecule has 0 aliphatic carbocycles. The molecule has 0 amide bonds. The van der Waals surface area contributed by atoms with Crippen molar-refractivity contribution in [1.29, 1.82) is 5.26 Å². The van der Waals surface area contributed by atoms with Crippen molar-refractivity contribution in [3.05, 3.63) is 53.3 Å². The molecule has 5 nitrogen and oxygen atoms in total. The van der Waals surface area contributed by atoms with E-state index in [9.17, 15) is 9.18 Å². The van der Waals surface area contributed by atoms with Crippen molar-refractivity contribution in [3.63, 3.8) is 0 Å². The van der Waals surface area contributed by atoms with Gasteiger partial charge in [0.1, 0.15) is 17.1 Å². The molecule has 0 saturated heterocycles. The summed E-state index contributed by atoms with van der Waals surface area (Å²) in [5.41, 5.74) is 0.0171. The standard InChI is InChI=1S/C15H10FNO4/c1-20-10-3-4-11(15(18)19)14(7-10)21-13-5-2-9(8-17)6-12(13)16/h2-7H,1H3,(H,18,19). The maximum Gasteiger partial charge on any atom is 0.339 e. The first kappa shape index (κ1) is 14.3. The second-order valence-electron chi connectivity index (χ2n) is 4.03. The van der Waals surface area contributed by atoms with Gasteiger partial charge >= 0.3 is 5.97 Å². The van der Waals surface area contributed by atoms with Gasteiger partial charge in [-0.1, -0.05) is 0 Å². The quantitative estimate of drug-likeness (QED) is 0.934. The van der Waals surface area contributed by atoms with Crippen LogP contribution in [0.2, 0.25) is 0 Å². The van der Waals surface area contributed by atoms with E-state index in [1.807, 2.05) is 0 Å². The van der Waals surface area contributed by atoms with Crippen LogP contribution in [0.5, 0.6) is 17.2 Å². The number of carboxylic acids is 1. The van der Waals surface area contributed by atoms with Crippen LogP contribution in [0.1, 0.15) is 15.9 Å². The van der Waals surface area contributed by atoms with Crippen molar-refractivity contribution in [1.82, 2.24) is 0 Å². The van der Waals surface area contributed by atoms with Gasteiger partial charge in [-0.05, 0) is 30.3 Å². The van der Waals surface area contributed by atoms with E-state index in [-0.39, 0.29) is 22.6 Å². The van der Waals surface area contributed by atoms with E-state index in [0.717, 1.165) is 6.07 Å². The summed E-state index contributed by atoms with van der Waals surface area (Å²) in [5, 5.41) is 17.8. The Morgan fingerprint density at radius 1 is 1.24 bits per heavy atom. The normalized spacial score (nSPS) is 9.76. The number of carbonyl (C=O) groups is 1.